The summed E-state index contributed by atoms with van der Waals surface area (Å²) < 4.78 is 0. The third kappa shape index (κ3) is 10.8. The van der Waals surface area contributed by atoms with Crippen LogP contribution in [0, 0.1) is 13.8 Å². The Morgan fingerprint density at radius 1 is 0.298 bits per heavy atom. The van der Waals surface area contributed by atoms with E-state index in [4.69, 9.17) is 0 Å². The number of unbranched alkanes of at least 4 members (excludes halogenated alkanes) is 4. The van der Waals surface area contributed by atoms with E-state index in [0.29, 0.717) is 22.9 Å². The average molecular weight is 1240 g/mol. The van der Waals surface area contributed by atoms with Crippen molar-refractivity contribution >= 4 is 103 Å². The van der Waals surface area contributed by atoms with Crippen molar-refractivity contribution in [2.75, 3.05) is 9.80 Å². The monoisotopic (exact) mass is 1240 g/mol. The normalized spacial score (nSPS) is 14.6. The highest BCUT2D eigenvalue weighted by Crippen LogP contribution is 2.44. The Balaban J connectivity index is 0.000000179. The summed E-state index contributed by atoms with van der Waals surface area (Å²) in [5, 5.41) is 1.58. The standard InChI is InChI=1S/C42H38N4O8.C38H32N2/c1-5-7-9-11-21(3)43-35(47)23-13-17-27-33-28(18-14-24(31(23)33)36(43)48)40(52)45(39(27)51)46-41(53)29-19-15-25-32-26(16-20-30(34(29)32)42(46)54)38(50)44(37(25)49)22(4)12-10-8-6-2;1-29-11-9-17-37(27-29)39(33-13-5-3-6-14-33)35-23-19-31(20-24-35)32-21-25-36(26-22-32)40(34-15-7-4-8-16-34)38-18-10-12-30(2)28-38/h13-22H,5-12H2,1-4H3;3-28H,1-2H3. The number of imide groups is 4. The lowest BCUT2D eigenvalue weighted by molar-refractivity contribution is 0.00211. The molecule has 0 aromatic heterocycles. The van der Waals surface area contributed by atoms with E-state index < -0.39 is 47.3 Å². The van der Waals surface area contributed by atoms with Gasteiger partial charge in [-0.1, -0.05) is 137 Å². The molecule has 0 saturated heterocycles. The average Bonchev–Trinajstić information content (AvgIpc) is 0.704. The van der Waals surface area contributed by atoms with Gasteiger partial charge < -0.3 is 9.80 Å². The van der Waals surface area contributed by atoms with Crippen molar-refractivity contribution in [1.29, 1.82) is 0 Å². The maximum Gasteiger partial charge on any atom is 0.281 e. The van der Waals surface area contributed by atoms with Gasteiger partial charge in [0.05, 0.1) is 22.3 Å². The van der Waals surface area contributed by atoms with Crippen LogP contribution in [0.4, 0.5) is 34.1 Å². The molecule has 0 N–H and O–H groups in total. The SMILES string of the molecule is CCCCCC(C)N1C(=O)c2ccc3c4c(ccc(c24)C1=O)C(=O)N(N1C(=O)c2ccc4c5c(ccc(c25)C1=O)C(=O)N(C(C)CCCCC)C4=O)C3=O.Cc1cccc(N(c2ccccc2)c2ccc(-c3ccc(N(c4ccccc4)c4cccc(C)c4)cc3)cc2)c1. The first-order valence-electron chi connectivity index (χ1n) is 32.4. The zero-order valence-electron chi connectivity index (χ0n) is 53.4. The maximum absolute atomic E-state index is 14.3. The molecular formula is C80H70N6O8. The fourth-order valence-corrected chi connectivity index (χ4v) is 13.8. The predicted octanol–water partition coefficient (Wildman–Crippen LogP) is 17.8. The summed E-state index contributed by atoms with van der Waals surface area (Å²) in [5.41, 5.74) is 12.2. The molecule has 2 atom stereocenters. The Hall–Kier alpha value is -11.1. The molecule has 468 valence electrons. The second-order valence-corrected chi connectivity index (χ2v) is 24.8. The molecule has 4 heterocycles. The van der Waals surface area contributed by atoms with Gasteiger partial charge in [0.15, 0.2) is 0 Å². The Morgan fingerprint density at radius 3 is 0.840 bits per heavy atom. The summed E-state index contributed by atoms with van der Waals surface area (Å²) in [5.74, 6) is -6.03. The fourth-order valence-electron chi connectivity index (χ4n) is 13.8. The highest BCUT2D eigenvalue weighted by molar-refractivity contribution is 6.37. The third-order valence-electron chi connectivity index (χ3n) is 18.5. The molecule has 0 bridgehead atoms. The van der Waals surface area contributed by atoms with Gasteiger partial charge in [-0.3, -0.25) is 48.2 Å². The molecule has 14 rings (SSSR count). The van der Waals surface area contributed by atoms with Gasteiger partial charge in [-0.05, 0) is 184 Å². The van der Waals surface area contributed by atoms with E-state index >= 15 is 0 Å². The van der Waals surface area contributed by atoms with Gasteiger partial charge in [-0.2, -0.15) is 10.0 Å². The lowest BCUT2D eigenvalue weighted by atomic mass is 9.85. The molecule has 2 unspecified atom stereocenters. The largest absolute Gasteiger partial charge is 0.310 e. The van der Waals surface area contributed by atoms with Gasteiger partial charge in [-0.25, -0.2) is 0 Å². The van der Waals surface area contributed by atoms with Crippen LogP contribution in [-0.4, -0.2) is 79.2 Å². The van der Waals surface area contributed by atoms with Gasteiger partial charge in [0.25, 0.3) is 47.3 Å². The van der Waals surface area contributed by atoms with E-state index in [1.165, 1.54) is 80.6 Å². The first-order chi connectivity index (χ1) is 45.6. The second kappa shape index (κ2) is 25.5. The summed E-state index contributed by atoms with van der Waals surface area (Å²) >= 11 is 0. The molecule has 10 aromatic carbocycles. The number of nitrogens with zero attached hydrogens (tertiary/aromatic N) is 6. The van der Waals surface area contributed by atoms with Crippen LogP contribution in [0.2, 0.25) is 0 Å². The lowest BCUT2D eigenvalue weighted by Crippen LogP contribution is -2.58. The Morgan fingerprint density at radius 2 is 0.564 bits per heavy atom. The van der Waals surface area contributed by atoms with Crippen LogP contribution in [0.25, 0.3) is 32.7 Å². The number of rotatable bonds is 18. The van der Waals surface area contributed by atoms with Crippen LogP contribution in [-0.2, 0) is 0 Å². The summed E-state index contributed by atoms with van der Waals surface area (Å²) in [6, 6.07) is 66.6. The van der Waals surface area contributed by atoms with Gasteiger partial charge in [-0.15, -0.1) is 0 Å². The predicted molar refractivity (Wildman–Crippen MR) is 368 cm³/mol. The van der Waals surface area contributed by atoms with Crippen LogP contribution >= 0.6 is 0 Å². The van der Waals surface area contributed by atoms with Gasteiger partial charge in [0.2, 0.25) is 0 Å². The number of hydrogen-bond acceptors (Lipinski definition) is 10. The lowest BCUT2D eigenvalue weighted by Gasteiger charge is -2.39. The minimum atomic E-state index is -0.986. The third-order valence-corrected chi connectivity index (χ3v) is 18.5. The number of hydrazine groups is 1. The molecule has 0 spiro atoms. The molecular weight excluding hydrogens is 1170 g/mol. The number of para-hydroxylation sites is 2. The molecule has 0 radical (unpaired) electrons. The van der Waals surface area contributed by atoms with Gasteiger partial charge in [0.1, 0.15) is 0 Å². The van der Waals surface area contributed by atoms with E-state index in [1.807, 2.05) is 13.8 Å². The van der Waals surface area contributed by atoms with Crippen LogP contribution in [0.1, 0.15) is 173 Å². The smallest absolute Gasteiger partial charge is 0.281 e. The fraction of sp³-hybridized carbons (Fsp3) is 0.200. The Labute approximate surface area is 546 Å². The quantitative estimate of drug-likeness (QED) is 0.0598. The molecule has 4 aliphatic rings. The van der Waals surface area contributed by atoms with Crippen LogP contribution < -0.4 is 9.80 Å². The van der Waals surface area contributed by atoms with Crippen molar-refractivity contribution in [3.8, 4) is 11.1 Å². The molecule has 0 saturated carbocycles. The number of amides is 8. The number of benzene rings is 10. The molecule has 8 amide bonds. The number of aryl methyl sites for hydroxylation is 2. The van der Waals surface area contributed by atoms with Gasteiger partial charge in [0, 0.05) is 90.0 Å². The topological polar surface area (TPSA) is 156 Å². The molecule has 4 aliphatic heterocycles. The summed E-state index contributed by atoms with van der Waals surface area (Å²) in [6.07, 6.45) is 6.84. The summed E-state index contributed by atoms with van der Waals surface area (Å²) in [7, 11) is 0. The van der Waals surface area contributed by atoms with E-state index in [9.17, 15) is 38.4 Å². The minimum absolute atomic E-state index is 0.0590. The number of hydrogen-bond donors (Lipinski definition) is 0. The molecule has 0 aliphatic carbocycles. The molecule has 14 heteroatoms. The van der Waals surface area contributed by atoms with Crippen molar-refractivity contribution in [3.63, 3.8) is 0 Å². The maximum atomic E-state index is 14.3. The molecule has 94 heavy (non-hydrogen) atoms. The summed E-state index contributed by atoms with van der Waals surface area (Å²) in [4.78, 5) is 119. The zero-order valence-corrected chi connectivity index (χ0v) is 53.4. The molecule has 14 nitrogen and oxygen atoms in total. The zero-order chi connectivity index (χ0) is 65.6. The van der Waals surface area contributed by atoms with Crippen molar-refractivity contribution in [3.05, 3.63) is 262 Å². The summed E-state index contributed by atoms with van der Waals surface area (Å²) in [6.45, 7) is 12.1. The Bertz CT molecular complexity index is 4300. The first kappa shape index (κ1) is 61.7. The minimum Gasteiger partial charge on any atom is -0.310 e. The number of anilines is 6. The number of carbonyl (C=O) groups excluding carboxylic acids is 8. The van der Waals surface area contributed by atoms with Crippen molar-refractivity contribution in [1.82, 2.24) is 19.8 Å². The van der Waals surface area contributed by atoms with E-state index in [2.05, 4.69) is 195 Å². The molecule has 0 fully saturated rings. The van der Waals surface area contributed by atoms with Crippen LogP contribution in [0.5, 0.6) is 0 Å². The highest BCUT2D eigenvalue weighted by Gasteiger charge is 2.49. The number of carbonyl (C=O) groups is 8. The molecule has 10 aromatic rings. The Kier molecular flexibility index (Phi) is 16.8. The van der Waals surface area contributed by atoms with E-state index in [0.717, 1.165) is 72.6 Å². The van der Waals surface area contributed by atoms with E-state index in [1.54, 1.807) is 0 Å². The van der Waals surface area contributed by atoms with Crippen molar-refractivity contribution in [2.45, 2.75) is 105 Å². The van der Waals surface area contributed by atoms with Crippen LogP contribution in [0.15, 0.2) is 206 Å². The first-order valence-corrected chi connectivity index (χ1v) is 32.4. The van der Waals surface area contributed by atoms with Crippen LogP contribution in [0.3, 0.4) is 0 Å². The highest BCUT2D eigenvalue weighted by atomic mass is 16.2. The van der Waals surface area contributed by atoms with Gasteiger partial charge >= 0.3 is 0 Å². The van der Waals surface area contributed by atoms with Crippen molar-refractivity contribution in [2.24, 2.45) is 0 Å². The van der Waals surface area contributed by atoms with E-state index in [-0.39, 0.29) is 78.1 Å². The second-order valence-electron chi connectivity index (χ2n) is 24.8. The van der Waals surface area contributed by atoms with Crippen molar-refractivity contribution < 1.29 is 38.4 Å².